The van der Waals surface area contributed by atoms with Crippen LogP contribution < -0.4 is 0 Å². The highest BCUT2D eigenvalue weighted by atomic mass is 16.4. The maximum Gasteiger partial charge on any atom is 0.335 e. The lowest BCUT2D eigenvalue weighted by Gasteiger charge is -2.00. The summed E-state index contributed by atoms with van der Waals surface area (Å²) in [7, 11) is 0. The third-order valence-electron chi connectivity index (χ3n) is 4.27. The number of benzene rings is 2. The van der Waals surface area contributed by atoms with E-state index < -0.39 is 23.9 Å². The molecular formula is C25H13NO8. The SMILES string of the molecule is O=C(O)c1cc(C#Cc2cccc(C#Cc3cc(C(=O)O)cc(C(=O)O)c3)n2)cc(C(=O)O)c1. The van der Waals surface area contributed by atoms with E-state index in [4.69, 9.17) is 20.4 Å². The second-order valence-electron chi connectivity index (χ2n) is 6.73. The number of nitrogens with zero attached hydrogens (tertiary/aromatic N) is 1. The molecule has 166 valence electrons. The van der Waals surface area contributed by atoms with Gasteiger partial charge in [0.05, 0.1) is 22.3 Å². The van der Waals surface area contributed by atoms with Crippen molar-refractivity contribution in [1.29, 1.82) is 0 Å². The summed E-state index contributed by atoms with van der Waals surface area (Å²) in [5.41, 5.74) is -0.0289. The Bertz CT molecular complexity index is 1310. The molecule has 0 amide bonds. The van der Waals surface area contributed by atoms with E-state index >= 15 is 0 Å². The second-order valence-corrected chi connectivity index (χ2v) is 6.73. The maximum absolute atomic E-state index is 11.2. The third kappa shape index (κ3) is 5.84. The molecular weight excluding hydrogens is 442 g/mol. The van der Waals surface area contributed by atoms with Crippen molar-refractivity contribution in [3.05, 3.63) is 99.4 Å². The Morgan fingerprint density at radius 2 is 0.853 bits per heavy atom. The average Bonchev–Trinajstić information content (AvgIpc) is 2.81. The molecule has 0 radical (unpaired) electrons. The maximum atomic E-state index is 11.2. The van der Waals surface area contributed by atoms with Crippen molar-refractivity contribution < 1.29 is 39.6 Å². The van der Waals surface area contributed by atoms with Crippen LogP contribution in [0.2, 0.25) is 0 Å². The molecule has 9 heteroatoms. The van der Waals surface area contributed by atoms with Gasteiger partial charge in [-0.1, -0.05) is 17.9 Å². The summed E-state index contributed by atoms with van der Waals surface area (Å²) in [4.78, 5) is 49.1. The van der Waals surface area contributed by atoms with Gasteiger partial charge in [0.25, 0.3) is 0 Å². The first-order chi connectivity index (χ1) is 16.1. The molecule has 0 aliphatic heterocycles. The Morgan fingerprint density at radius 3 is 1.15 bits per heavy atom. The van der Waals surface area contributed by atoms with Crippen LogP contribution >= 0.6 is 0 Å². The molecule has 0 unspecified atom stereocenters. The molecule has 34 heavy (non-hydrogen) atoms. The molecule has 3 rings (SSSR count). The van der Waals surface area contributed by atoms with Crippen LogP contribution in [0.25, 0.3) is 0 Å². The minimum absolute atomic E-state index is 0.169. The van der Waals surface area contributed by atoms with E-state index in [2.05, 4.69) is 28.7 Å². The lowest BCUT2D eigenvalue weighted by Crippen LogP contribution is -2.03. The van der Waals surface area contributed by atoms with Gasteiger partial charge >= 0.3 is 23.9 Å². The molecule has 0 bridgehead atoms. The van der Waals surface area contributed by atoms with Crippen LogP contribution in [-0.4, -0.2) is 49.3 Å². The number of carboxylic acids is 4. The van der Waals surface area contributed by atoms with Gasteiger partial charge in [0.15, 0.2) is 0 Å². The van der Waals surface area contributed by atoms with Gasteiger partial charge in [-0.25, -0.2) is 24.2 Å². The van der Waals surface area contributed by atoms with Crippen molar-refractivity contribution in [2.75, 3.05) is 0 Å². The Kier molecular flexibility index (Phi) is 6.71. The van der Waals surface area contributed by atoms with E-state index in [0.717, 1.165) is 12.1 Å². The van der Waals surface area contributed by atoms with E-state index in [1.54, 1.807) is 18.2 Å². The smallest absolute Gasteiger partial charge is 0.335 e. The van der Waals surface area contributed by atoms with Gasteiger partial charge < -0.3 is 20.4 Å². The zero-order valence-electron chi connectivity index (χ0n) is 17.1. The fraction of sp³-hybridized carbons (Fsp3) is 0. The summed E-state index contributed by atoms with van der Waals surface area (Å²) in [6, 6.07) is 11.7. The third-order valence-corrected chi connectivity index (χ3v) is 4.27. The molecule has 1 aromatic heterocycles. The minimum atomic E-state index is -1.29. The topological polar surface area (TPSA) is 162 Å². The lowest BCUT2D eigenvalue weighted by atomic mass is 10.1. The number of hydrogen-bond donors (Lipinski definition) is 4. The van der Waals surface area contributed by atoms with Crippen LogP contribution in [0.5, 0.6) is 0 Å². The molecule has 0 fully saturated rings. The highest BCUT2D eigenvalue weighted by molar-refractivity contribution is 5.95. The molecule has 0 saturated heterocycles. The molecule has 9 nitrogen and oxygen atoms in total. The molecule has 0 spiro atoms. The van der Waals surface area contributed by atoms with Crippen LogP contribution in [0.1, 0.15) is 63.9 Å². The summed E-state index contributed by atoms with van der Waals surface area (Å²) in [6.45, 7) is 0. The van der Waals surface area contributed by atoms with Gasteiger partial charge in [0.2, 0.25) is 0 Å². The zero-order valence-corrected chi connectivity index (χ0v) is 17.1. The summed E-state index contributed by atoms with van der Waals surface area (Å²) < 4.78 is 0. The van der Waals surface area contributed by atoms with Gasteiger partial charge in [0.1, 0.15) is 11.4 Å². The van der Waals surface area contributed by atoms with Crippen LogP contribution in [0.15, 0.2) is 54.6 Å². The first kappa shape index (κ1) is 23.3. The van der Waals surface area contributed by atoms with Gasteiger partial charge in [0, 0.05) is 11.1 Å². The number of pyridine rings is 1. The van der Waals surface area contributed by atoms with Crippen molar-refractivity contribution in [1.82, 2.24) is 4.98 Å². The number of rotatable bonds is 4. The molecule has 2 aromatic carbocycles. The molecule has 0 atom stereocenters. The Labute approximate surface area is 192 Å². The monoisotopic (exact) mass is 455 g/mol. The largest absolute Gasteiger partial charge is 0.478 e. The van der Waals surface area contributed by atoms with Crippen molar-refractivity contribution in [2.24, 2.45) is 0 Å². The average molecular weight is 455 g/mol. The fourth-order valence-corrected chi connectivity index (χ4v) is 2.74. The van der Waals surface area contributed by atoms with Crippen LogP contribution in [0.3, 0.4) is 0 Å². The van der Waals surface area contributed by atoms with E-state index in [1.807, 2.05) is 0 Å². The van der Waals surface area contributed by atoms with Gasteiger partial charge in [-0.15, -0.1) is 0 Å². The van der Waals surface area contributed by atoms with Crippen molar-refractivity contribution in [2.45, 2.75) is 0 Å². The Morgan fingerprint density at radius 1 is 0.529 bits per heavy atom. The first-order valence-electron chi connectivity index (χ1n) is 9.37. The molecule has 1 heterocycles. The zero-order chi connectivity index (χ0) is 24.8. The predicted octanol–water partition coefficient (Wildman–Crippen LogP) is 2.67. The number of aromatic nitrogens is 1. The summed E-state index contributed by atoms with van der Waals surface area (Å²) in [5, 5.41) is 36.6. The van der Waals surface area contributed by atoms with Crippen LogP contribution in [0, 0.1) is 23.7 Å². The van der Waals surface area contributed by atoms with Gasteiger partial charge in [-0.3, -0.25) is 0 Å². The first-order valence-corrected chi connectivity index (χ1v) is 9.37. The number of aromatic carboxylic acids is 4. The molecule has 0 aliphatic rings. The number of carboxylic acid groups (broad SMARTS) is 4. The number of hydrogen-bond acceptors (Lipinski definition) is 5. The van der Waals surface area contributed by atoms with E-state index in [-0.39, 0.29) is 44.8 Å². The van der Waals surface area contributed by atoms with Gasteiger partial charge in [-0.2, -0.15) is 0 Å². The molecule has 0 saturated carbocycles. The van der Waals surface area contributed by atoms with E-state index in [1.165, 1.54) is 24.3 Å². The van der Waals surface area contributed by atoms with Gasteiger partial charge in [-0.05, 0) is 60.4 Å². The molecule has 3 aromatic rings. The summed E-state index contributed by atoms with van der Waals surface area (Å²) in [6.07, 6.45) is 0. The van der Waals surface area contributed by atoms with Crippen molar-refractivity contribution >= 4 is 23.9 Å². The van der Waals surface area contributed by atoms with Crippen molar-refractivity contribution in [3.63, 3.8) is 0 Å². The Hall–Kier alpha value is -5.41. The summed E-state index contributed by atoms with van der Waals surface area (Å²) >= 11 is 0. The van der Waals surface area contributed by atoms with E-state index in [0.29, 0.717) is 0 Å². The highest BCUT2D eigenvalue weighted by Crippen LogP contribution is 2.12. The van der Waals surface area contributed by atoms with Crippen molar-refractivity contribution in [3.8, 4) is 23.7 Å². The van der Waals surface area contributed by atoms with E-state index in [9.17, 15) is 19.2 Å². The lowest BCUT2D eigenvalue weighted by molar-refractivity contribution is 0.0676. The normalized spacial score (nSPS) is 9.65. The summed E-state index contributed by atoms with van der Waals surface area (Å²) in [5.74, 6) is 5.60. The Balaban J connectivity index is 1.94. The highest BCUT2D eigenvalue weighted by Gasteiger charge is 2.11. The molecule has 4 N–H and O–H groups in total. The second kappa shape index (κ2) is 9.81. The quantitative estimate of drug-likeness (QED) is 0.433. The fourth-order valence-electron chi connectivity index (χ4n) is 2.74. The number of carbonyl (C=O) groups is 4. The minimum Gasteiger partial charge on any atom is -0.478 e. The standard InChI is InChI=1S/C25H13NO8/c27-22(28)16-8-14(9-17(12-16)23(29)30)4-6-20-2-1-3-21(26-20)7-5-15-10-18(24(31)32)13-19(11-15)25(33)34/h1-3,8-13H,(H,27,28)(H,29,30)(H,31,32)(H,33,34). The van der Waals surface area contributed by atoms with Crippen LogP contribution in [0.4, 0.5) is 0 Å². The van der Waals surface area contributed by atoms with Crippen LogP contribution in [-0.2, 0) is 0 Å². The molecule has 0 aliphatic carbocycles. The predicted molar refractivity (Wildman–Crippen MR) is 117 cm³/mol.